The highest BCUT2D eigenvalue weighted by Gasteiger charge is 2.48. The van der Waals surface area contributed by atoms with Gasteiger partial charge >= 0.3 is 0 Å². The first-order valence-electron chi connectivity index (χ1n) is 5.40. The second kappa shape index (κ2) is 4.19. The fourth-order valence-corrected chi connectivity index (χ4v) is 2.00. The van der Waals surface area contributed by atoms with Gasteiger partial charge in [-0.15, -0.1) is 0 Å². The van der Waals surface area contributed by atoms with E-state index in [2.05, 4.69) is 0 Å². The Balaban J connectivity index is 1.95. The second-order valence-corrected chi connectivity index (χ2v) is 5.15. The number of carbonyl (C=O) groups excluding carboxylic acids is 1. The summed E-state index contributed by atoms with van der Waals surface area (Å²) in [5.74, 6) is 0.275. The second-order valence-electron chi connectivity index (χ2n) is 4.74. The van der Waals surface area contributed by atoms with Crippen LogP contribution >= 0.6 is 11.6 Å². The van der Waals surface area contributed by atoms with E-state index in [1.165, 1.54) is 0 Å². The van der Waals surface area contributed by atoms with E-state index in [4.69, 9.17) is 16.3 Å². The lowest BCUT2D eigenvalue weighted by Gasteiger charge is -2.41. The Labute approximate surface area is 101 Å². The van der Waals surface area contributed by atoms with Gasteiger partial charge in [0.2, 0.25) is 0 Å². The van der Waals surface area contributed by atoms with Gasteiger partial charge in [-0.2, -0.15) is 0 Å². The molecule has 0 radical (unpaired) electrons. The minimum Gasteiger partial charge on any atom is -0.372 e. The molecule has 3 heteroatoms. The number of ether oxygens (including phenoxy) is 1. The van der Waals surface area contributed by atoms with Gasteiger partial charge in [-0.1, -0.05) is 43.6 Å². The molecule has 1 fully saturated rings. The summed E-state index contributed by atoms with van der Waals surface area (Å²) < 4.78 is 5.73. The lowest BCUT2D eigenvalue weighted by molar-refractivity contribution is -0.159. The van der Waals surface area contributed by atoms with Crippen LogP contribution in [0, 0.1) is 5.41 Å². The summed E-state index contributed by atoms with van der Waals surface area (Å²) in [6, 6.07) is 7.61. The van der Waals surface area contributed by atoms with Gasteiger partial charge in [0.05, 0.1) is 18.1 Å². The van der Waals surface area contributed by atoms with Crippen LogP contribution in [0.5, 0.6) is 0 Å². The van der Waals surface area contributed by atoms with Crippen LogP contribution in [0.25, 0.3) is 0 Å². The molecule has 1 aromatic carbocycles. The number of carbonyl (C=O) groups is 1. The van der Waals surface area contributed by atoms with Gasteiger partial charge in [-0.25, -0.2) is 0 Å². The van der Waals surface area contributed by atoms with Crippen LogP contribution in [0.2, 0.25) is 5.02 Å². The summed E-state index contributed by atoms with van der Waals surface area (Å²) >= 11 is 6.02. The number of rotatable bonds is 3. The van der Waals surface area contributed by atoms with Crippen LogP contribution < -0.4 is 0 Å². The molecule has 0 N–H and O–H groups in total. The van der Waals surface area contributed by atoms with Crippen LogP contribution in [0.15, 0.2) is 24.3 Å². The Bertz CT molecular complexity index is 412. The lowest BCUT2D eigenvalue weighted by atomic mass is 9.68. The van der Waals surface area contributed by atoms with Crippen molar-refractivity contribution in [2.24, 2.45) is 5.41 Å². The number of halogens is 1. The molecule has 2 nitrogen and oxygen atoms in total. The summed E-state index contributed by atoms with van der Waals surface area (Å²) in [6.45, 7) is 4.33. The van der Waals surface area contributed by atoms with Crippen LogP contribution in [0.1, 0.15) is 25.8 Å². The lowest BCUT2D eigenvalue weighted by Crippen LogP contribution is -2.51. The first-order chi connectivity index (χ1) is 7.51. The molecule has 0 heterocycles. The van der Waals surface area contributed by atoms with E-state index in [9.17, 15) is 4.79 Å². The SMILES string of the molecule is CC1(C)C(=O)CC1OCc1ccccc1Cl. The highest BCUT2D eigenvalue weighted by molar-refractivity contribution is 6.31. The molecule has 1 aliphatic rings. The average Bonchev–Trinajstić information content (AvgIpc) is 2.26. The largest absolute Gasteiger partial charge is 0.372 e. The van der Waals surface area contributed by atoms with E-state index >= 15 is 0 Å². The smallest absolute Gasteiger partial charge is 0.143 e. The van der Waals surface area contributed by atoms with Gasteiger partial charge in [0.15, 0.2) is 0 Å². The molecule has 0 aromatic heterocycles. The molecule has 1 atom stereocenters. The zero-order chi connectivity index (χ0) is 11.8. The quantitative estimate of drug-likeness (QED) is 0.808. The van der Waals surface area contributed by atoms with Gasteiger partial charge in [-0.3, -0.25) is 4.79 Å². The predicted octanol–water partition coefficient (Wildman–Crippen LogP) is 3.22. The number of hydrogen-bond donors (Lipinski definition) is 0. The molecule has 0 bridgehead atoms. The van der Waals surface area contributed by atoms with Gasteiger partial charge in [0.1, 0.15) is 5.78 Å². The van der Waals surface area contributed by atoms with Gasteiger partial charge in [-0.05, 0) is 11.6 Å². The molecule has 0 saturated heterocycles. The van der Waals surface area contributed by atoms with E-state index in [0.29, 0.717) is 18.1 Å². The van der Waals surface area contributed by atoms with Crippen molar-refractivity contribution in [3.63, 3.8) is 0 Å². The highest BCUT2D eigenvalue weighted by Crippen LogP contribution is 2.39. The molecule has 1 aliphatic carbocycles. The number of benzene rings is 1. The highest BCUT2D eigenvalue weighted by atomic mass is 35.5. The molecule has 86 valence electrons. The van der Waals surface area contributed by atoms with Gasteiger partial charge in [0.25, 0.3) is 0 Å². The molecular formula is C13H15ClO2. The summed E-state index contributed by atoms with van der Waals surface area (Å²) in [5.41, 5.74) is 0.640. The maximum absolute atomic E-state index is 11.3. The Morgan fingerprint density at radius 2 is 2.12 bits per heavy atom. The number of Topliss-reactive ketones (excluding diaryl/α,β-unsaturated/α-hetero) is 1. The first kappa shape index (κ1) is 11.6. The fraction of sp³-hybridized carbons (Fsp3) is 0.462. The van der Waals surface area contributed by atoms with E-state index in [-0.39, 0.29) is 17.3 Å². The molecule has 0 spiro atoms. The van der Waals surface area contributed by atoms with Crippen molar-refractivity contribution in [2.75, 3.05) is 0 Å². The van der Waals surface area contributed by atoms with Crippen molar-refractivity contribution in [1.29, 1.82) is 0 Å². The van der Waals surface area contributed by atoms with Crippen molar-refractivity contribution in [2.45, 2.75) is 33.0 Å². The van der Waals surface area contributed by atoms with Crippen molar-refractivity contribution >= 4 is 17.4 Å². The molecule has 2 rings (SSSR count). The standard InChI is InChI=1S/C13H15ClO2/c1-13(2)11(15)7-12(13)16-8-9-5-3-4-6-10(9)14/h3-6,12H,7-8H2,1-2H3. The maximum atomic E-state index is 11.3. The molecule has 0 aliphatic heterocycles. The molecule has 0 amide bonds. The molecule has 1 unspecified atom stereocenters. The first-order valence-corrected chi connectivity index (χ1v) is 5.78. The Kier molecular flexibility index (Phi) is 3.04. The van der Waals surface area contributed by atoms with Crippen LogP contribution in [-0.4, -0.2) is 11.9 Å². The predicted molar refractivity (Wildman–Crippen MR) is 63.4 cm³/mol. The van der Waals surface area contributed by atoms with E-state index in [1.807, 2.05) is 38.1 Å². The minimum absolute atomic E-state index is 0.0243. The van der Waals surface area contributed by atoms with Crippen molar-refractivity contribution in [3.05, 3.63) is 34.9 Å². The summed E-state index contributed by atoms with van der Waals surface area (Å²) in [5, 5.41) is 0.714. The van der Waals surface area contributed by atoms with Crippen molar-refractivity contribution < 1.29 is 9.53 Å². The third-order valence-electron chi connectivity index (χ3n) is 3.29. The maximum Gasteiger partial charge on any atom is 0.143 e. The van der Waals surface area contributed by atoms with Crippen molar-refractivity contribution in [1.82, 2.24) is 0 Å². The zero-order valence-electron chi connectivity index (χ0n) is 9.50. The third kappa shape index (κ3) is 2.00. The van der Waals surface area contributed by atoms with Crippen LogP contribution in [0.3, 0.4) is 0 Å². The van der Waals surface area contributed by atoms with Crippen molar-refractivity contribution in [3.8, 4) is 0 Å². The van der Waals surface area contributed by atoms with E-state index < -0.39 is 0 Å². The Morgan fingerprint density at radius 1 is 1.44 bits per heavy atom. The normalized spacial score (nSPS) is 22.9. The van der Waals surface area contributed by atoms with E-state index in [1.54, 1.807) is 0 Å². The number of ketones is 1. The number of hydrogen-bond acceptors (Lipinski definition) is 2. The van der Waals surface area contributed by atoms with Gasteiger partial charge in [0, 0.05) is 11.4 Å². The molecule has 1 saturated carbocycles. The van der Waals surface area contributed by atoms with Gasteiger partial charge < -0.3 is 4.74 Å². The summed E-state index contributed by atoms with van der Waals surface area (Å²) in [6.07, 6.45) is 0.550. The topological polar surface area (TPSA) is 26.3 Å². The third-order valence-corrected chi connectivity index (χ3v) is 3.66. The van der Waals surface area contributed by atoms with Crippen LogP contribution in [-0.2, 0) is 16.1 Å². The minimum atomic E-state index is -0.332. The fourth-order valence-electron chi connectivity index (χ4n) is 1.81. The molecule has 16 heavy (non-hydrogen) atoms. The Morgan fingerprint density at radius 3 is 2.69 bits per heavy atom. The molecular weight excluding hydrogens is 224 g/mol. The molecule has 1 aromatic rings. The van der Waals surface area contributed by atoms with Crippen LogP contribution in [0.4, 0.5) is 0 Å². The monoisotopic (exact) mass is 238 g/mol. The Hall–Kier alpha value is -0.860. The zero-order valence-corrected chi connectivity index (χ0v) is 10.3. The average molecular weight is 239 g/mol. The van der Waals surface area contributed by atoms with E-state index in [0.717, 1.165) is 5.56 Å². The summed E-state index contributed by atoms with van der Waals surface area (Å²) in [4.78, 5) is 11.3. The summed E-state index contributed by atoms with van der Waals surface area (Å²) in [7, 11) is 0.